The lowest BCUT2D eigenvalue weighted by molar-refractivity contribution is 0.590. The van der Waals surface area contributed by atoms with Crippen LogP contribution in [0.15, 0.2) is 18.2 Å². The molecule has 0 aliphatic rings. The van der Waals surface area contributed by atoms with Crippen LogP contribution in [0, 0.1) is 0 Å². The minimum atomic E-state index is -3.09. The van der Waals surface area contributed by atoms with Gasteiger partial charge in [-0.15, -0.1) is 0 Å². The summed E-state index contributed by atoms with van der Waals surface area (Å²) in [5.74, 6) is 0.187. The Bertz CT molecular complexity index is 471. The van der Waals surface area contributed by atoms with E-state index in [0.717, 1.165) is 12.8 Å². The van der Waals surface area contributed by atoms with Crippen molar-refractivity contribution >= 4 is 27.1 Å². The van der Waals surface area contributed by atoms with Crippen molar-refractivity contribution in [2.75, 3.05) is 11.5 Å². The fraction of sp³-hybridized carbons (Fsp3) is 0.500. The van der Waals surface area contributed by atoms with Gasteiger partial charge in [0.15, 0.2) is 9.84 Å². The molecule has 0 aliphatic carbocycles. The molecule has 0 bridgehead atoms. The van der Waals surface area contributed by atoms with Gasteiger partial charge >= 0.3 is 0 Å². The Hall–Kier alpha value is -0.740. The Labute approximate surface area is 108 Å². The molecule has 17 heavy (non-hydrogen) atoms. The van der Waals surface area contributed by atoms with Crippen LogP contribution in [0.1, 0.15) is 31.7 Å². The molecule has 0 unspecified atom stereocenters. The maximum Gasteiger partial charge on any atom is 0.154 e. The lowest BCUT2D eigenvalue weighted by atomic mass is 10.2. The normalized spacial score (nSPS) is 11.6. The highest BCUT2D eigenvalue weighted by Gasteiger charge is 2.14. The lowest BCUT2D eigenvalue weighted by Crippen LogP contribution is -2.10. The summed E-state index contributed by atoms with van der Waals surface area (Å²) in [6, 6.07) is 4.92. The molecular weight excluding hydrogens is 258 g/mol. The van der Waals surface area contributed by atoms with Crippen molar-refractivity contribution in [1.29, 1.82) is 0 Å². The number of rotatable bonds is 6. The molecule has 0 aliphatic heterocycles. The first-order valence-electron chi connectivity index (χ1n) is 5.69. The van der Waals surface area contributed by atoms with E-state index in [4.69, 9.17) is 17.3 Å². The SMILES string of the molecule is CCCCCS(=O)(=O)Cc1cc(N)ccc1Cl. The van der Waals surface area contributed by atoms with Crippen molar-refractivity contribution in [2.45, 2.75) is 31.9 Å². The molecule has 0 saturated carbocycles. The Morgan fingerprint density at radius 1 is 1.29 bits per heavy atom. The highest BCUT2D eigenvalue weighted by Crippen LogP contribution is 2.21. The number of nitrogens with two attached hydrogens (primary N) is 1. The van der Waals surface area contributed by atoms with E-state index in [9.17, 15) is 8.42 Å². The van der Waals surface area contributed by atoms with Gasteiger partial charge in [-0.25, -0.2) is 8.42 Å². The number of unbranched alkanes of at least 4 members (excludes halogenated alkanes) is 2. The van der Waals surface area contributed by atoms with Gasteiger partial charge < -0.3 is 5.73 Å². The average molecular weight is 276 g/mol. The molecule has 0 radical (unpaired) electrons. The third-order valence-corrected chi connectivity index (χ3v) is 4.53. The van der Waals surface area contributed by atoms with Gasteiger partial charge in [0.25, 0.3) is 0 Å². The molecule has 5 heteroatoms. The van der Waals surface area contributed by atoms with Crippen molar-refractivity contribution < 1.29 is 8.42 Å². The molecular formula is C12H18ClNO2S. The summed E-state index contributed by atoms with van der Waals surface area (Å²) in [5, 5.41) is 0.457. The maximum absolute atomic E-state index is 11.8. The summed E-state index contributed by atoms with van der Waals surface area (Å²) in [6.07, 6.45) is 2.65. The fourth-order valence-corrected chi connectivity index (χ4v) is 3.35. The van der Waals surface area contributed by atoms with Gasteiger partial charge in [0.2, 0.25) is 0 Å². The highest BCUT2D eigenvalue weighted by atomic mass is 35.5. The van der Waals surface area contributed by atoms with Crippen molar-refractivity contribution in [3.63, 3.8) is 0 Å². The van der Waals surface area contributed by atoms with Crippen LogP contribution >= 0.6 is 11.6 Å². The Kier molecular flexibility index (Phi) is 5.28. The number of hydrogen-bond donors (Lipinski definition) is 1. The summed E-state index contributed by atoms with van der Waals surface area (Å²) in [5.41, 5.74) is 6.74. The predicted molar refractivity (Wildman–Crippen MR) is 72.9 cm³/mol. The first kappa shape index (κ1) is 14.3. The number of benzene rings is 1. The number of hydrogen-bond acceptors (Lipinski definition) is 3. The molecule has 1 aromatic carbocycles. The van der Waals surface area contributed by atoms with E-state index in [-0.39, 0.29) is 11.5 Å². The van der Waals surface area contributed by atoms with Crippen molar-refractivity contribution in [1.82, 2.24) is 0 Å². The van der Waals surface area contributed by atoms with Crippen LogP contribution in [0.5, 0.6) is 0 Å². The summed E-state index contributed by atoms with van der Waals surface area (Å²) in [6.45, 7) is 2.04. The van der Waals surface area contributed by atoms with E-state index in [1.54, 1.807) is 18.2 Å². The third kappa shape index (κ3) is 4.96. The van der Waals surface area contributed by atoms with Crippen LogP contribution in [-0.4, -0.2) is 14.2 Å². The van der Waals surface area contributed by atoms with E-state index in [0.29, 0.717) is 22.7 Å². The molecule has 0 saturated heterocycles. The first-order valence-corrected chi connectivity index (χ1v) is 7.89. The van der Waals surface area contributed by atoms with E-state index in [2.05, 4.69) is 0 Å². The van der Waals surface area contributed by atoms with Gasteiger partial charge in [-0.3, -0.25) is 0 Å². The maximum atomic E-state index is 11.8. The minimum Gasteiger partial charge on any atom is -0.399 e. The molecule has 96 valence electrons. The lowest BCUT2D eigenvalue weighted by Gasteiger charge is -2.07. The Balaban J connectivity index is 2.72. The zero-order valence-corrected chi connectivity index (χ0v) is 11.5. The minimum absolute atomic E-state index is 0.0272. The summed E-state index contributed by atoms with van der Waals surface area (Å²) >= 11 is 5.94. The van der Waals surface area contributed by atoms with Crippen LogP contribution in [-0.2, 0) is 15.6 Å². The summed E-state index contributed by atoms with van der Waals surface area (Å²) in [7, 11) is -3.09. The fourth-order valence-electron chi connectivity index (χ4n) is 1.59. The van der Waals surface area contributed by atoms with Crippen molar-refractivity contribution in [2.24, 2.45) is 0 Å². The quantitative estimate of drug-likeness (QED) is 0.641. The van der Waals surface area contributed by atoms with Gasteiger partial charge in [-0.2, -0.15) is 0 Å². The zero-order valence-electron chi connectivity index (χ0n) is 9.95. The molecule has 0 amide bonds. The molecule has 0 spiro atoms. The second kappa shape index (κ2) is 6.26. The molecule has 0 atom stereocenters. The molecule has 1 aromatic rings. The van der Waals surface area contributed by atoms with E-state index < -0.39 is 9.84 Å². The smallest absolute Gasteiger partial charge is 0.154 e. The number of anilines is 1. The monoisotopic (exact) mass is 275 g/mol. The van der Waals surface area contributed by atoms with Crippen LogP contribution in [0.4, 0.5) is 5.69 Å². The molecule has 0 fully saturated rings. The van der Waals surface area contributed by atoms with Gasteiger partial charge in [0.05, 0.1) is 11.5 Å². The second-order valence-corrected chi connectivity index (χ2v) is 6.74. The number of halogens is 1. The largest absolute Gasteiger partial charge is 0.399 e. The first-order chi connectivity index (χ1) is 7.94. The number of nitrogen functional groups attached to an aromatic ring is 1. The van der Waals surface area contributed by atoms with E-state index in [1.165, 1.54) is 0 Å². The van der Waals surface area contributed by atoms with E-state index in [1.807, 2.05) is 6.92 Å². The molecule has 0 heterocycles. The van der Waals surface area contributed by atoms with Crippen LogP contribution in [0.3, 0.4) is 0 Å². The van der Waals surface area contributed by atoms with Gasteiger partial charge in [-0.05, 0) is 30.2 Å². The summed E-state index contributed by atoms with van der Waals surface area (Å²) < 4.78 is 23.7. The Morgan fingerprint density at radius 3 is 2.65 bits per heavy atom. The second-order valence-electron chi connectivity index (χ2n) is 4.15. The summed E-state index contributed by atoms with van der Waals surface area (Å²) in [4.78, 5) is 0. The number of sulfone groups is 1. The zero-order chi connectivity index (χ0) is 12.9. The van der Waals surface area contributed by atoms with Crippen LogP contribution in [0.2, 0.25) is 5.02 Å². The average Bonchev–Trinajstić information content (AvgIpc) is 2.23. The van der Waals surface area contributed by atoms with E-state index >= 15 is 0 Å². The Morgan fingerprint density at radius 2 is 2.00 bits per heavy atom. The van der Waals surface area contributed by atoms with Gasteiger partial charge in [-0.1, -0.05) is 31.4 Å². The highest BCUT2D eigenvalue weighted by molar-refractivity contribution is 7.90. The molecule has 3 nitrogen and oxygen atoms in total. The van der Waals surface area contributed by atoms with Crippen molar-refractivity contribution in [3.05, 3.63) is 28.8 Å². The standard InChI is InChI=1S/C12H18ClNO2S/c1-2-3-4-7-17(15,16)9-10-8-11(14)5-6-12(10)13/h5-6,8H,2-4,7,9,14H2,1H3. The van der Waals surface area contributed by atoms with Crippen molar-refractivity contribution in [3.8, 4) is 0 Å². The van der Waals surface area contributed by atoms with Crippen LogP contribution in [0.25, 0.3) is 0 Å². The predicted octanol–water partition coefficient (Wildman–Crippen LogP) is 3.03. The van der Waals surface area contributed by atoms with Crippen LogP contribution < -0.4 is 5.73 Å². The third-order valence-electron chi connectivity index (χ3n) is 2.50. The topological polar surface area (TPSA) is 60.2 Å². The molecule has 0 aromatic heterocycles. The molecule has 2 N–H and O–H groups in total. The molecule has 1 rings (SSSR count). The van der Waals surface area contributed by atoms with Gasteiger partial charge in [0, 0.05) is 10.7 Å². The van der Waals surface area contributed by atoms with Gasteiger partial charge in [0.1, 0.15) is 0 Å².